The summed E-state index contributed by atoms with van der Waals surface area (Å²) in [6, 6.07) is 12.3. The molecule has 1 aliphatic heterocycles. The molecule has 2 aromatic rings. The van der Waals surface area contributed by atoms with Crippen molar-refractivity contribution in [3.63, 3.8) is 0 Å². The average molecular weight is 380 g/mol. The standard InChI is InChI=1S/C21H20N2O5/c1-3-28-21(27)18(12-14-8-10-15(11-9-14)22-13(2)24)23-19(25)16-6-4-5-7-17(16)20(23)26/h4-11,18H,3,12H2,1-2H3,(H,22,24)/t18-/m1/s1. The zero-order valence-corrected chi connectivity index (χ0v) is 15.6. The second-order valence-electron chi connectivity index (χ2n) is 6.38. The Labute approximate surface area is 162 Å². The molecule has 1 atom stereocenters. The lowest BCUT2D eigenvalue weighted by molar-refractivity contribution is -0.147. The van der Waals surface area contributed by atoms with E-state index >= 15 is 0 Å². The van der Waals surface area contributed by atoms with Gasteiger partial charge < -0.3 is 10.1 Å². The first-order valence-corrected chi connectivity index (χ1v) is 8.92. The molecular weight excluding hydrogens is 360 g/mol. The van der Waals surface area contributed by atoms with Crippen molar-refractivity contribution in [3.8, 4) is 0 Å². The van der Waals surface area contributed by atoms with E-state index in [4.69, 9.17) is 4.74 Å². The van der Waals surface area contributed by atoms with Crippen LogP contribution in [0.5, 0.6) is 0 Å². The lowest BCUT2D eigenvalue weighted by Gasteiger charge is -2.24. The van der Waals surface area contributed by atoms with Crippen LogP contribution in [0.15, 0.2) is 48.5 Å². The average Bonchev–Trinajstić information content (AvgIpc) is 2.92. The molecule has 0 bridgehead atoms. The van der Waals surface area contributed by atoms with Crippen LogP contribution in [0.2, 0.25) is 0 Å². The molecule has 144 valence electrons. The number of carbonyl (C=O) groups excluding carboxylic acids is 4. The number of rotatable bonds is 6. The van der Waals surface area contributed by atoms with E-state index in [-0.39, 0.29) is 30.1 Å². The SMILES string of the molecule is CCOC(=O)[C@@H](Cc1ccc(NC(C)=O)cc1)N1C(=O)c2ccccc2C1=O. The molecule has 0 saturated carbocycles. The van der Waals surface area contributed by atoms with Crippen LogP contribution >= 0.6 is 0 Å². The number of carbonyl (C=O) groups is 4. The van der Waals surface area contributed by atoms with Gasteiger partial charge in [0, 0.05) is 19.0 Å². The molecule has 0 aliphatic carbocycles. The minimum atomic E-state index is -1.07. The Morgan fingerprint density at radius 1 is 1.00 bits per heavy atom. The summed E-state index contributed by atoms with van der Waals surface area (Å²) in [7, 11) is 0. The van der Waals surface area contributed by atoms with Gasteiger partial charge >= 0.3 is 5.97 Å². The van der Waals surface area contributed by atoms with Gasteiger partial charge in [-0.15, -0.1) is 0 Å². The molecule has 28 heavy (non-hydrogen) atoms. The van der Waals surface area contributed by atoms with Gasteiger partial charge in [-0.05, 0) is 36.8 Å². The van der Waals surface area contributed by atoms with E-state index in [1.54, 1.807) is 55.5 Å². The van der Waals surface area contributed by atoms with Crippen molar-refractivity contribution in [3.05, 3.63) is 65.2 Å². The van der Waals surface area contributed by atoms with Gasteiger partial charge in [0.1, 0.15) is 6.04 Å². The maximum atomic E-state index is 12.8. The van der Waals surface area contributed by atoms with Gasteiger partial charge in [0.05, 0.1) is 17.7 Å². The number of nitrogens with zero attached hydrogens (tertiary/aromatic N) is 1. The third-order valence-electron chi connectivity index (χ3n) is 4.40. The zero-order valence-electron chi connectivity index (χ0n) is 15.6. The number of ether oxygens (including phenoxy) is 1. The first-order chi connectivity index (χ1) is 13.4. The van der Waals surface area contributed by atoms with E-state index in [9.17, 15) is 19.2 Å². The van der Waals surface area contributed by atoms with E-state index in [1.165, 1.54) is 6.92 Å². The number of nitrogens with one attached hydrogen (secondary N) is 1. The molecule has 3 amide bonds. The molecule has 7 nitrogen and oxygen atoms in total. The Morgan fingerprint density at radius 2 is 1.57 bits per heavy atom. The number of hydrogen-bond acceptors (Lipinski definition) is 5. The van der Waals surface area contributed by atoms with Crippen LogP contribution in [0.1, 0.15) is 40.1 Å². The van der Waals surface area contributed by atoms with Gasteiger partial charge in [-0.3, -0.25) is 19.3 Å². The summed E-state index contributed by atoms with van der Waals surface area (Å²) in [5.74, 6) is -1.84. The van der Waals surface area contributed by atoms with Crippen LogP contribution in [0, 0.1) is 0 Å². The second-order valence-corrected chi connectivity index (χ2v) is 6.38. The molecule has 3 rings (SSSR count). The summed E-state index contributed by atoms with van der Waals surface area (Å²) in [5, 5.41) is 2.66. The van der Waals surface area contributed by atoms with E-state index in [0.29, 0.717) is 5.69 Å². The van der Waals surface area contributed by atoms with Crippen LogP contribution < -0.4 is 5.32 Å². The summed E-state index contributed by atoms with van der Waals surface area (Å²) < 4.78 is 5.12. The number of amides is 3. The topological polar surface area (TPSA) is 92.8 Å². The maximum Gasteiger partial charge on any atom is 0.329 e. The van der Waals surface area contributed by atoms with Gasteiger partial charge in [0.25, 0.3) is 11.8 Å². The van der Waals surface area contributed by atoms with Crippen molar-refractivity contribution in [1.29, 1.82) is 0 Å². The molecule has 1 N–H and O–H groups in total. The molecule has 0 radical (unpaired) electrons. The number of fused-ring (bicyclic) bond motifs is 1. The number of benzene rings is 2. The molecule has 0 aromatic heterocycles. The third kappa shape index (κ3) is 3.78. The Bertz CT molecular complexity index is 901. The van der Waals surface area contributed by atoms with Crippen molar-refractivity contribution < 1.29 is 23.9 Å². The summed E-state index contributed by atoms with van der Waals surface area (Å²) in [5.41, 5.74) is 1.90. The fourth-order valence-corrected chi connectivity index (χ4v) is 3.16. The highest BCUT2D eigenvalue weighted by Crippen LogP contribution is 2.26. The number of imide groups is 1. The summed E-state index contributed by atoms with van der Waals surface area (Å²) >= 11 is 0. The van der Waals surface area contributed by atoms with Gasteiger partial charge in [0.15, 0.2) is 0 Å². The highest BCUT2D eigenvalue weighted by Gasteiger charge is 2.43. The number of anilines is 1. The van der Waals surface area contributed by atoms with Crippen molar-refractivity contribution in [1.82, 2.24) is 4.90 Å². The predicted molar refractivity (Wildman–Crippen MR) is 102 cm³/mol. The van der Waals surface area contributed by atoms with Gasteiger partial charge in [-0.2, -0.15) is 0 Å². The van der Waals surface area contributed by atoms with Crippen LogP contribution in [0.3, 0.4) is 0 Å². The van der Waals surface area contributed by atoms with E-state index in [0.717, 1.165) is 10.5 Å². The fraction of sp³-hybridized carbons (Fsp3) is 0.238. The quantitative estimate of drug-likeness (QED) is 0.614. The summed E-state index contributed by atoms with van der Waals surface area (Å²) in [6.45, 7) is 3.21. The molecular formula is C21H20N2O5. The number of hydrogen-bond donors (Lipinski definition) is 1. The molecule has 0 unspecified atom stereocenters. The number of esters is 1. The van der Waals surface area contributed by atoms with Gasteiger partial charge in [0.2, 0.25) is 5.91 Å². The zero-order chi connectivity index (χ0) is 20.3. The van der Waals surface area contributed by atoms with E-state index < -0.39 is 23.8 Å². The van der Waals surface area contributed by atoms with E-state index in [2.05, 4.69) is 5.32 Å². The Kier molecular flexibility index (Phi) is 5.54. The first kappa shape index (κ1) is 19.3. The Hall–Kier alpha value is -3.48. The molecule has 1 heterocycles. The highest BCUT2D eigenvalue weighted by atomic mass is 16.5. The molecule has 1 aliphatic rings. The highest BCUT2D eigenvalue weighted by molar-refractivity contribution is 6.22. The maximum absolute atomic E-state index is 12.8. The molecule has 2 aromatic carbocycles. The van der Waals surface area contributed by atoms with Crippen LogP contribution in [-0.4, -0.2) is 41.2 Å². The fourth-order valence-electron chi connectivity index (χ4n) is 3.16. The van der Waals surface area contributed by atoms with Crippen LogP contribution in [0.4, 0.5) is 5.69 Å². The smallest absolute Gasteiger partial charge is 0.329 e. The van der Waals surface area contributed by atoms with Crippen molar-refractivity contribution >= 4 is 29.4 Å². The van der Waals surface area contributed by atoms with Crippen LogP contribution in [-0.2, 0) is 20.7 Å². The third-order valence-corrected chi connectivity index (χ3v) is 4.40. The lowest BCUT2D eigenvalue weighted by Crippen LogP contribution is -2.47. The normalized spacial score (nSPS) is 13.9. The first-order valence-electron chi connectivity index (χ1n) is 8.92. The van der Waals surface area contributed by atoms with Crippen molar-refractivity contribution in [2.45, 2.75) is 26.3 Å². The van der Waals surface area contributed by atoms with Crippen molar-refractivity contribution in [2.24, 2.45) is 0 Å². The minimum Gasteiger partial charge on any atom is -0.464 e. The molecule has 0 saturated heterocycles. The monoisotopic (exact) mass is 380 g/mol. The van der Waals surface area contributed by atoms with E-state index in [1.807, 2.05) is 0 Å². The minimum absolute atomic E-state index is 0.116. The largest absolute Gasteiger partial charge is 0.464 e. The second kappa shape index (κ2) is 8.04. The van der Waals surface area contributed by atoms with Crippen LogP contribution in [0.25, 0.3) is 0 Å². The van der Waals surface area contributed by atoms with Crippen molar-refractivity contribution in [2.75, 3.05) is 11.9 Å². The lowest BCUT2D eigenvalue weighted by atomic mass is 10.0. The van der Waals surface area contributed by atoms with Gasteiger partial charge in [-0.25, -0.2) is 4.79 Å². The predicted octanol–water partition coefficient (Wildman–Crippen LogP) is 2.42. The molecule has 0 fully saturated rings. The summed E-state index contributed by atoms with van der Waals surface area (Å²) in [6.07, 6.45) is 0.116. The Balaban J connectivity index is 1.88. The van der Waals surface area contributed by atoms with Gasteiger partial charge in [-0.1, -0.05) is 24.3 Å². The molecule has 7 heteroatoms. The summed E-state index contributed by atoms with van der Waals surface area (Å²) in [4.78, 5) is 50.2. The molecule has 0 spiro atoms. The Morgan fingerprint density at radius 3 is 2.07 bits per heavy atom.